The Labute approximate surface area is 131 Å². The molecule has 0 aliphatic rings. The first-order valence-electron chi connectivity index (χ1n) is 6.77. The van der Waals surface area contributed by atoms with E-state index in [4.69, 9.17) is 28.9 Å². The number of aromatic nitrogens is 1. The highest BCUT2D eigenvalue weighted by Gasteiger charge is 2.10. The van der Waals surface area contributed by atoms with Gasteiger partial charge in [-0.15, -0.1) is 0 Å². The lowest BCUT2D eigenvalue weighted by Gasteiger charge is -2.21. The van der Waals surface area contributed by atoms with Crippen LogP contribution in [0.15, 0.2) is 30.3 Å². The standard InChI is InChI=1S/C15H19BN4O2/c1-21-11-4-3-10(14(7-11)22-2)9-20(16)15-6-5-12(18)13(8-17)19-15/h3-7H,8-9,17-18H2,1-2H3. The molecule has 0 spiro atoms. The molecule has 2 radical (unpaired) electrons. The van der Waals surface area contributed by atoms with E-state index in [2.05, 4.69) is 4.98 Å². The molecule has 7 heteroatoms. The quantitative estimate of drug-likeness (QED) is 0.780. The van der Waals surface area contributed by atoms with Gasteiger partial charge in [-0.1, -0.05) is 0 Å². The highest BCUT2D eigenvalue weighted by molar-refractivity contribution is 6.17. The Balaban J connectivity index is 2.23. The lowest BCUT2D eigenvalue weighted by atomic mass is 10.1. The van der Waals surface area contributed by atoms with E-state index in [1.165, 1.54) is 4.81 Å². The van der Waals surface area contributed by atoms with Crippen LogP contribution in [0.25, 0.3) is 0 Å². The maximum absolute atomic E-state index is 6.10. The van der Waals surface area contributed by atoms with Crippen molar-refractivity contribution in [2.75, 3.05) is 24.8 Å². The highest BCUT2D eigenvalue weighted by Crippen LogP contribution is 2.26. The van der Waals surface area contributed by atoms with Crippen molar-refractivity contribution < 1.29 is 9.47 Å². The summed E-state index contributed by atoms with van der Waals surface area (Å²) in [5.74, 6) is 2.01. The number of hydrogen-bond donors (Lipinski definition) is 2. The number of benzene rings is 1. The molecule has 0 aliphatic carbocycles. The number of hydrogen-bond acceptors (Lipinski definition) is 6. The van der Waals surface area contributed by atoms with Gasteiger partial charge in [-0.05, 0) is 24.3 Å². The van der Waals surface area contributed by atoms with Crippen LogP contribution < -0.4 is 25.8 Å². The first-order chi connectivity index (χ1) is 10.6. The average molecular weight is 298 g/mol. The van der Waals surface area contributed by atoms with Crippen LogP contribution in [0.2, 0.25) is 0 Å². The van der Waals surface area contributed by atoms with Crippen molar-refractivity contribution in [3.05, 3.63) is 41.6 Å². The summed E-state index contributed by atoms with van der Waals surface area (Å²) < 4.78 is 10.5. The first kappa shape index (κ1) is 16.0. The zero-order chi connectivity index (χ0) is 16.1. The molecule has 0 amide bonds. The molecule has 2 rings (SSSR count). The summed E-state index contributed by atoms with van der Waals surface area (Å²) in [4.78, 5) is 5.88. The molecule has 0 fully saturated rings. The van der Waals surface area contributed by atoms with Crippen LogP contribution >= 0.6 is 0 Å². The van der Waals surface area contributed by atoms with E-state index in [1.807, 2.05) is 18.2 Å². The summed E-state index contributed by atoms with van der Waals surface area (Å²) in [6.07, 6.45) is 0. The van der Waals surface area contributed by atoms with E-state index < -0.39 is 0 Å². The predicted molar refractivity (Wildman–Crippen MR) is 88.0 cm³/mol. The zero-order valence-electron chi connectivity index (χ0n) is 12.7. The molecule has 22 heavy (non-hydrogen) atoms. The molecular weight excluding hydrogens is 279 g/mol. The summed E-state index contributed by atoms with van der Waals surface area (Å²) >= 11 is 0. The topological polar surface area (TPSA) is 86.6 Å². The highest BCUT2D eigenvalue weighted by atomic mass is 16.5. The van der Waals surface area contributed by atoms with Gasteiger partial charge in [0.15, 0.2) is 0 Å². The molecule has 114 valence electrons. The minimum absolute atomic E-state index is 0.263. The van der Waals surface area contributed by atoms with Crippen LogP contribution in [0.4, 0.5) is 11.5 Å². The Bertz CT molecular complexity index is 651. The number of nitrogen functional groups attached to an aromatic ring is 1. The summed E-state index contributed by atoms with van der Waals surface area (Å²) in [6, 6.07) is 9.07. The molecule has 6 nitrogen and oxygen atoms in total. The minimum Gasteiger partial charge on any atom is -0.497 e. The van der Waals surface area contributed by atoms with Gasteiger partial charge in [0.05, 0.1) is 25.6 Å². The van der Waals surface area contributed by atoms with E-state index in [1.54, 1.807) is 26.4 Å². The molecule has 2 aromatic rings. The van der Waals surface area contributed by atoms with E-state index >= 15 is 0 Å². The Hall–Kier alpha value is -2.41. The van der Waals surface area contributed by atoms with Gasteiger partial charge in [0.1, 0.15) is 17.3 Å². The van der Waals surface area contributed by atoms with E-state index in [0.29, 0.717) is 29.5 Å². The summed E-state index contributed by atoms with van der Waals surface area (Å²) in [5.41, 5.74) is 13.5. The normalized spacial score (nSPS) is 10.3. The Morgan fingerprint density at radius 3 is 2.59 bits per heavy atom. The fourth-order valence-electron chi connectivity index (χ4n) is 2.07. The number of methoxy groups -OCH3 is 2. The van der Waals surface area contributed by atoms with Gasteiger partial charge >= 0.3 is 0 Å². The lowest BCUT2D eigenvalue weighted by molar-refractivity contribution is 0.391. The fourth-order valence-corrected chi connectivity index (χ4v) is 2.07. The molecule has 1 aromatic carbocycles. The minimum atomic E-state index is 0.263. The zero-order valence-corrected chi connectivity index (χ0v) is 12.7. The van der Waals surface area contributed by atoms with Crippen molar-refractivity contribution in [1.82, 2.24) is 4.98 Å². The molecule has 0 saturated heterocycles. The third-order valence-corrected chi connectivity index (χ3v) is 3.32. The van der Waals surface area contributed by atoms with Crippen LogP contribution in [0.5, 0.6) is 11.5 Å². The molecule has 0 aliphatic heterocycles. The van der Waals surface area contributed by atoms with Crippen LogP contribution in [0, 0.1) is 0 Å². The van der Waals surface area contributed by atoms with Gasteiger partial charge in [0.2, 0.25) is 7.98 Å². The van der Waals surface area contributed by atoms with Crippen LogP contribution in [0.1, 0.15) is 11.3 Å². The molecule has 0 saturated carbocycles. The smallest absolute Gasteiger partial charge is 0.229 e. The van der Waals surface area contributed by atoms with E-state index in [-0.39, 0.29) is 6.54 Å². The maximum Gasteiger partial charge on any atom is 0.229 e. The molecule has 0 bridgehead atoms. The second kappa shape index (κ2) is 7.04. The molecule has 1 aromatic heterocycles. The van der Waals surface area contributed by atoms with Crippen LogP contribution in [-0.4, -0.2) is 27.2 Å². The Kier molecular flexibility index (Phi) is 5.11. The summed E-state index contributed by atoms with van der Waals surface area (Å²) in [5, 5.41) is 0. The number of rotatable bonds is 6. The van der Waals surface area contributed by atoms with Crippen molar-refractivity contribution in [3.8, 4) is 11.5 Å². The largest absolute Gasteiger partial charge is 0.497 e. The Morgan fingerprint density at radius 2 is 1.95 bits per heavy atom. The lowest BCUT2D eigenvalue weighted by Crippen LogP contribution is -2.21. The Morgan fingerprint density at radius 1 is 1.18 bits per heavy atom. The van der Waals surface area contributed by atoms with Crippen LogP contribution in [0.3, 0.4) is 0 Å². The van der Waals surface area contributed by atoms with Gasteiger partial charge in [-0.3, -0.25) is 0 Å². The van der Waals surface area contributed by atoms with E-state index in [0.717, 1.165) is 11.3 Å². The third-order valence-electron chi connectivity index (χ3n) is 3.32. The maximum atomic E-state index is 6.10. The van der Waals surface area contributed by atoms with Crippen molar-refractivity contribution in [2.24, 2.45) is 5.73 Å². The number of ether oxygens (including phenoxy) is 2. The SMILES string of the molecule is [B]N(Cc1ccc(OC)cc1OC)c1ccc(N)c(CN)n1. The van der Waals surface area contributed by atoms with E-state index in [9.17, 15) is 0 Å². The molecule has 1 heterocycles. The predicted octanol–water partition coefficient (Wildman–Crippen LogP) is 1.23. The van der Waals surface area contributed by atoms with Gasteiger partial charge in [-0.25, -0.2) is 4.98 Å². The van der Waals surface area contributed by atoms with Gasteiger partial charge in [0, 0.05) is 24.7 Å². The van der Waals surface area contributed by atoms with Gasteiger partial charge in [-0.2, -0.15) is 0 Å². The molecule has 0 unspecified atom stereocenters. The van der Waals surface area contributed by atoms with Crippen molar-refractivity contribution in [1.29, 1.82) is 0 Å². The third kappa shape index (κ3) is 3.43. The molecule has 0 atom stereocenters. The summed E-state index contributed by atoms with van der Waals surface area (Å²) in [6.45, 7) is 0.688. The second-order valence-electron chi connectivity index (χ2n) is 4.72. The van der Waals surface area contributed by atoms with Crippen molar-refractivity contribution >= 4 is 19.5 Å². The van der Waals surface area contributed by atoms with Gasteiger partial charge in [0.25, 0.3) is 0 Å². The number of nitrogens with zero attached hydrogens (tertiary/aromatic N) is 2. The fraction of sp³-hybridized carbons (Fsp3) is 0.267. The average Bonchev–Trinajstić information content (AvgIpc) is 2.55. The molecular formula is C15H19BN4O2. The number of anilines is 2. The van der Waals surface area contributed by atoms with Gasteiger partial charge < -0.3 is 25.8 Å². The monoisotopic (exact) mass is 298 g/mol. The van der Waals surface area contributed by atoms with Crippen molar-refractivity contribution in [2.45, 2.75) is 13.1 Å². The molecule has 4 N–H and O–H groups in total. The number of pyridine rings is 1. The summed E-state index contributed by atoms with van der Waals surface area (Å²) in [7, 11) is 9.31. The first-order valence-corrected chi connectivity index (χ1v) is 6.77. The van der Waals surface area contributed by atoms with Crippen molar-refractivity contribution in [3.63, 3.8) is 0 Å². The second-order valence-corrected chi connectivity index (χ2v) is 4.72. The van der Waals surface area contributed by atoms with Crippen LogP contribution in [-0.2, 0) is 13.1 Å². The number of nitrogens with two attached hydrogens (primary N) is 2.